The minimum atomic E-state index is -4.65. The fourth-order valence-corrected chi connectivity index (χ4v) is 7.20. The highest BCUT2D eigenvalue weighted by molar-refractivity contribution is 5.88. The first kappa shape index (κ1) is 29.2. The molecular formula is C38H28F6O. The third-order valence-corrected chi connectivity index (χ3v) is 9.81. The van der Waals surface area contributed by atoms with Gasteiger partial charge in [-0.1, -0.05) is 66.7 Å². The van der Waals surface area contributed by atoms with Gasteiger partial charge in [0.15, 0.2) is 0 Å². The van der Waals surface area contributed by atoms with Crippen LogP contribution in [0.1, 0.15) is 41.7 Å². The number of fused-ring (bicyclic) bond motifs is 6. The van der Waals surface area contributed by atoms with E-state index >= 15 is 13.2 Å². The number of alkyl halides is 6. The fourth-order valence-electron chi connectivity index (χ4n) is 7.20. The lowest BCUT2D eigenvalue weighted by molar-refractivity contribution is -0.172. The maximum Gasteiger partial charge on any atom is 0.402 e. The van der Waals surface area contributed by atoms with Gasteiger partial charge in [0.1, 0.15) is 16.6 Å². The molecule has 2 atom stereocenters. The molecule has 2 unspecified atom stereocenters. The lowest BCUT2D eigenvalue weighted by Gasteiger charge is -2.31. The Labute approximate surface area is 257 Å². The van der Waals surface area contributed by atoms with Crippen molar-refractivity contribution >= 4 is 0 Å². The molecule has 0 spiro atoms. The summed E-state index contributed by atoms with van der Waals surface area (Å²) >= 11 is 0. The molecule has 0 aromatic heterocycles. The van der Waals surface area contributed by atoms with Crippen molar-refractivity contribution in [2.45, 2.75) is 44.0 Å². The molecule has 0 heterocycles. The maximum atomic E-state index is 15.2. The van der Waals surface area contributed by atoms with Crippen LogP contribution in [-0.2, 0) is 10.8 Å². The monoisotopic (exact) mass is 614 g/mol. The molecule has 45 heavy (non-hydrogen) atoms. The molecule has 7 rings (SSSR count). The van der Waals surface area contributed by atoms with Crippen LogP contribution in [0.4, 0.5) is 26.3 Å². The summed E-state index contributed by atoms with van der Waals surface area (Å²) in [5.41, 5.74) is 0.914. The van der Waals surface area contributed by atoms with Crippen LogP contribution < -0.4 is 4.74 Å². The Kier molecular flexibility index (Phi) is 6.16. The Hall–Kier alpha value is -4.52. The summed E-state index contributed by atoms with van der Waals surface area (Å²) in [6, 6.07) is 26.8. The van der Waals surface area contributed by atoms with Crippen molar-refractivity contribution in [3.05, 3.63) is 125 Å². The summed E-state index contributed by atoms with van der Waals surface area (Å²) in [6.07, 6.45) is -9.23. The summed E-state index contributed by atoms with van der Waals surface area (Å²) < 4.78 is 95.0. The van der Waals surface area contributed by atoms with Crippen molar-refractivity contribution in [2.75, 3.05) is 7.11 Å². The quantitative estimate of drug-likeness (QED) is 0.184. The predicted molar refractivity (Wildman–Crippen MR) is 164 cm³/mol. The van der Waals surface area contributed by atoms with Crippen LogP contribution in [0.25, 0.3) is 44.5 Å². The summed E-state index contributed by atoms with van der Waals surface area (Å²) in [5.74, 6) is 0.607. The lowest BCUT2D eigenvalue weighted by atomic mass is 9.77. The van der Waals surface area contributed by atoms with Gasteiger partial charge in [0.25, 0.3) is 0 Å². The van der Waals surface area contributed by atoms with Crippen LogP contribution in [0.5, 0.6) is 5.75 Å². The maximum absolute atomic E-state index is 15.2. The largest absolute Gasteiger partial charge is 0.497 e. The molecule has 0 fully saturated rings. The van der Waals surface area contributed by atoms with Gasteiger partial charge in [0, 0.05) is 0 Å². The molecule has 5 aromatic carbocycles. The van der Waals surface area contributed by atoms with Crippen molar-refractivity contribution in [3.8, 4) is 50.3 Å². The molecule has 0 saturated carbocycles. The van der Waals surface area contributed by atoms with Crippen LogP contribution in [-0.4, -0.2) is 19.5 Å². The Morgan fingerprint density at radius 3 is 1.38 bits per heavy atom. The zero-order valence-electron chi connectivity index (χ0n) is 24.9. The van der Waals surface area contributed by atoms with E-state index in [1.165, 1.54) is 32.0 Å². The fraction of sp³-hybridized carbons (Fsp3) is 0.211. The van der Waals surface area contributed by atoms with E-state index in [4.69, 9.17) is 4.74 Å². The zero-order valence-corrected chi connectivity index (χ0v) is 24.9. The highest BCUT2D eigenvalue weighted by Gasteiger charge is 2.59. The topological polar surface area (TPSA) is 9.23 Å². The van der Waals surface area contributed by atoms with Crippen LogP contribution >= 0.6 is 0 Å². The Morgan fingerprint density at radius 1 is 0.489 bits per heavy atom. The lowest BCUT2D eigenvalue weighted by Crippen LogP contribution is -2.39. The van der Waals surface area contributed by atoms with Crippen molar-refractivity contribution in [2.24, 2.45) is 0 Å². The van der Waals surface area contributed by atoms with E-state index in [-0.39, 0.29) is 22.3 Å². The smallest absolute Gasteiger partial charge is 0.402 e. The summed E-state index contributed by atoms with van der Waals surface area (Å²) in [7, 11) is 1.54. The van der Waals surface area contributed by atoms with E-state index in [9.17, 15) is 13.2 Å². The molecule has 7 heteroatoms. The van der Waals surface area contributed by atoms with Gasteiger partial charge in [-0.05, 0) is 123 Å². The van der Waals surface area contributed by atoms with Crippen molar-refractivity contribution < 1.29 is 31.1 Å². The molecule has 2 aliphatic carbocycles. The highest BCUT2D eigenvalue weighted by Crippen LogP contribution is 2.59. The van der Waals surface area contributed by atoms with E-state index in [0.29, 0.717) is 44.7 Å². The predicted octanol–water partition coefficient (Wildman–Crippen LogP) is 11.0. The first-order valence-electron chi connectivity index (χ1n) is 14.5. The van der Waals surface area contributed by atoms with Crippen molar-refractivity contribution in [3.63, 3.8) is 0 Å². The molecule has 0 N–H and O–H groups in total. The normalized spacial score (nSPS) is 20.0. The SMILES string of the molecule is COc1cc(C)cc(-c2ccc3c(c2)C(C)(C(F)(F)F)c2cc(-c4ccc5c(c4)C(C)(C(F)(F)F)c4ccccc4-5)ccc2-3)c1. The summed E-state index contributed by atoms with van der Waals surface area (Å²) in [4.78, 5) is 0. The molecule has 0 bridgehead atoms. The number of hydrogen-bond acceptors (Lipinski definition) is 1. The van der Waals surface area contributed by atoms with Crippen molar-refractivity contribution in [1.29, 1.82) is 0 Å². The Balaban J connectivity index is 1.38. The van der Waals surface area contributed by atoms with Gasteiger partial charge in [-0.2, -0.15) is 26.3 Å². The van der Waals surface area contributed by atoms with E-state index < -0.39 is 23.2 Å². The van der Waals surface area contributed by atoms with E-state index in [2.05, 4.69) is 0 Å². The van der Waals surface area contributed by atoms with Crippen LogP contribution in [0.3, 0.4) is 0 Å². The third kappa shape index (κ3) is 4.02. The first-order chi connectivity index (χ1) is 21.2. The van der Waals surface area contributed by atoms with Gasteiger partial charge in [0.2, 0.25) is 0 Å². The van der Waals surface area contributed by atoms with Gasteiger partial charge in [-0.15, -0.1) is 0 Å². The first-order valence-corrected chi connectivity index (χ1v) is 14.5. The molecule has 1 nitrogen and oxygen atoms in total. The van der Waals surface area contributed by atoms with Gasteiger partial charge in [-0.3, -0.25) is 0 Å². The standard InChI is InChI=1S/C38H28F6O/c1-21-15-25(17-26(16-21)45-4)24-11-14-30-29-13-10-23(19-33(29)36(3,34(30)20-24)38(42,43)44)22-9-12-28-27-7-5-6-8-31(27)35(2,32(28)18-22)37(39,40)41/h5-20H,1-4H3. The minimum absolute atomic E-state index is 0.0730. The molecule has 0 aliphatic heterocycles. The molecule has 0 amide bonds. The number of rotatable bonds is 3. The van der Waals surface area contributed by atoms with Crippen LogP contribution in [0.2, 0.25) is 0 Å². The average Bonchev–Trinajstić information content (AvgIpc) is 3.43. The average molecular weight is 615 g/mol. The number of aryl methyl sites for hydroxylation is 1. The zero-order chi connectivity index (χ0) is 32.1. The Morgan fingerprint density at radius 2 is 0.911 bits per heavy atom. The second-order valence-electron chi connectivity index (χ2n) is 12.3. The Bertz CT molecular complexity index is 2020. The molecule has 0 saturated heterocycles. The third-order valence-electron chi connectivity index (χ3n) is 9.81. The molecule has 5 aromatic rings. The minimum Gasteiger partial charge on any atom is -0.497 e. The van der Waals surface area contributed by atoms with Crippen LogP contribution in [0.15, 0.2) is 97.1 Å². The second-order valence-corrected chi connectivity index (χ2v) is 12.3. The number of ether oxygens (including phenoxy) is 1. The number of benzene rings is 5. The van der Waals surface area contributed by atoms with E-state index in [0.717, 1.165) is 11.1 Å². The van der Waals surface area contributed by atoms with E-state index in [1.54, 1.807) is 67.8 Å². The number of halogens is 6. The second kappa shape index (κ2) is 9.49. The van der Waals surface area contributed by atoms with Crippen molar-refractivity contribution in [1.82, 2.24) is 0 Å². The molecule has 2 aliphatic rings. The molecule has 0 radical (unpaired) electrons. The molecular weight excluding hydrogens is 586 g/mol. The highest BCUT2D eigenvalue weighted by atomic mass is 19.4. The van der Waals surface area contributed by atoms with Gasteiger partial charge < -0.3 is 4.74 Å². The van der Waals surface area contributed by atoms with Crippen LogP contribution in [0, 0.1) is 6.92 Å². The number of methoxy groups -OCH3 is 1. The van der Waals surface area contributed by atoms with E-state index in [1.807, 2.05) is 25.1 Å². The summed E-state index contributed by atoms with van der Waals surface area (Å²) in [5, 5.41) is 0. The van der Waals surface area contributed by atoms with Gasteiger partial charge in [0.05, 0.1) is 7.11 Å². The number of hydrogen-bond donors (Lipinski definition) is 0. The summed E-state index contributed by atoms with van der Waals surface area (Å²) in [6.45, 7) is 4.25. The van der Waals surface area contributed by atoms with Gasteiger partial charge in [-0.25, -0.2) is 0 Å². The van der Waals surface area contributed by atoms with Gasteiger partial charge >= 0.3 is 12.4 Å². The molecule has 228 valence electrons.